The molecule has 6 rings (SSSR count). The molecule has 1 saturated heterocycles. The molecule has 8 nitrogen and oxygen atoms in total. The summed E-state index contributed by atoms with van der Waals surface area (Å²) in [6.07, 6.45) is 2.58. The first-order valence-corrected chi connectivity index (χ1v) is 14.2. The number of rotatable bonds is 4. The first-order chi connectivity index (χ1) is 18.8. The molecule has 2 saturated carbocycles. The van der Waals surface area contributed by atoms with Gasteiger partial charge in [-0.1, -0.05) is 68.4 Å². The number of allylic oxidation sites excluding steroid dienone is 1. The number of fused-ring (bicyclic) bond motifs is 5. The van der Waals surface area contributed by atoms with E-state index in [2.05, 4.69) is 19.0 Å². The van der Waals surface area contributed by atoms with Crippen LogP contribution in [0.25, 0.3) is 0 Å². The summed E-state index contributed by atoms with van der Waals surface area (Å²) in [6, 6.07) is 8.88. The SMILES string of the molecule is CO/N=C(/C(=O)O[C@H]1C(C)=C[C@]23C(=O)[C@@H](C=C4COC(C)(C)O[C@H]4[C@]12O)C1C(C[C@H]3C)C1(C)C)c1ccccc1. The fraction of sp³-hybridized carbons (Fsp3) is 0.594. The highest BCUT2D eigenvalue weighted by molar-refractivity contribution is 6.43. The van der Waals surface area contributed by atoms with Gasteiger partial charge >= 0.3 is 5.97 Å². The Labute approximate surface area is 235 Å². The summed E-state index contributed by atoms with van der Waals surface area (Å²) in [7, 11) is 1.36. The van der Waals surface area contributed by atoms with Gasteiger partial charge in [0.05, 0.1) is 12.0 Å². The molecule has 5 aliphatic rings. The standard InChI is InChI=1S/C32H39NO7/c1-17-15-31-18(2)13-22-23(29(22,3)4)21(25(31)34)14-20-16-38-30(5,6)40-27(20)32(31,36)26(17)39-28(35)24(33-37-7)19-11-9-8-10-12-19/h8-12,14-15,18,21-23,26-27,36H,13,16H2,1-7H3/b33-24+/t18-,21+,22?,23?,26+,27-,31+,32-/m1/s1. The predicted molar refractivity (Wildman–Crippen MR) is 147 cm³/mol. The van der Waals surface area contributed by atoms with E-state index in [1.54, 1.807) is 38.1 Å². The summed E-state index contributed by atoms with van der Waals surface area (Å²) < 4.78 is 18.7. The number of carbonyl (C=O) groups is 2. The van der Waals surface area contributed by atoms with Gasteiger partial charge in [0.2, 0.25) is 0 Å². The minimum atomic E-state index is -1.89. The molecular formula is C32H39NO7. The van der Waals surface area contributed by atoms with Gasteiger partial charge in [-0.3, -0.25) is 4.79 Å². The van der Waals surface area contributed by atoms with Gasteiger partial charge in [-0.05, 0) is 61.5 Å². The Morgan fingerprint density at radius 2 is 1.85 bits per heavy atom. The number of hydrogen-bond acceptors (Lipinski definition) is 8. The Morgan fingerprint density at radius 1 is 1.15 bits per heavy atom. The number of ether oxygens (including phenoxy) is 3. The number of esters is 1. The van der Waals surface area contributed by atoms with Gasteiger partial charge in [0.25, 0.3) is 0 Å². The minimum absolute atomic E-state index is 0.0191. The number of Topliss-reactive ketones (excluding diaryl/α,β-unsaturated/α-hetero) is 1. The molecule has 40 heavy (non-hydrogen) atoms. The van der Waals surface area contributed by atoms with Crippen molar-refractivity contribution in [2.24, 2.45) is 39.7 Å². The van der Waals surface area contributed by atoms with Crippen molar-refractivity contribution in [1.29, 1.82) is 0 Å². The maximum absolute atomic E-state index is 14.8. The third kappa shape index (κ3) is 3.58. The third-order valence-electron chi connectivity index (χ3n) is 10.3. The van der Waals surface area contributed by atoms with Crippen LogP contribution in [0, 0.1) is 34.5 Å². The fourth-order valence-electron chi connectivity index (χ4n) is 8.36. The van der Waals surface area contributed by atoms with Crippen LogP contribution in [0.3, 0.4) is 0 Å². The van der Waals surface area contributed by atoms with Crippen LogP contribution in [0.2, 0.25) is 0 Å². The van der Waals surface area contributed by atoms with Crippen molar-refractivity contribution in [3.8, 4) is 0 Å². The fourth-order valence-corrected chi connectivity index (χ4v) is 8.36. The van der Waals surface area contributed by atoms with Gasteiger partial charge in [0, 0.05) is 11.5 Å². The van der Waals surface area contributed by atoms with Crippen LogP contribution in [0.15, 0.2) is 58.8 Å². The molecule has 8 atom stereocenters. The lowest BCUT2D eigenvalue weighted by molar-refractivity contribution is -0.303. The summed E-state index contributed by atoms with van der Waals surface area (Å²) in [5, 5.41) is 17.1. The molecule has 0 aromatic heterocycles. The highest BCUT2D eigenvalue weighted by atomic mass is 16.7. The molecule has 0 amide bonds. The van der Waals surface area contributed by atoms with Crippen molar-refractivity contribution in [2.45, 2.75) is 71.6 Å². The molecule has 1 aliphatic heterocycles. The second-order valence-corrected chi connectivity index (χ2v) is 13.3. The molecule has 4 aliphatic carbocycles. The van der Waals surface area contributed by atoms with Crippen LogP contribution in [0.4, 0.5) is 0 Å². The van der Waals surface area contributed by atoms with Crippen molar-refractivity contribution in [3.63, 3.8) is 0 Å². The van der Waals surface area contributed by atoms with Crippen molar-refractivity contribution in [2.75, 3.05) is 13.7 Å². The highest BCUT2D eigenvalue weighted by Gasteiger charge is 2.77. The smallest absolute Gasteiger partial charge is 0.361 e. The van der Waals surface area contributed by atoms with Crippen molar-refractivity contribution in [1.82, 2.24) is 0 Å². The van der Waals surface area contributed by atoms with Gasteiger partial charge < -0.3 is 24.2 Å². The van der Waals surface area contributed by atoms with E-state index >= 15 is 0 Å². The molecule has 1 heterocycles. The topological polar surface area (TPSA) is 104 Å². The number of hydrogen-bond donors (Lipinski definition) is 1. The average molecular weight is 550 g/mol. The van der Waals surface area contributed by atoms with Gasteiger partial charge in [-0.15, -0.1) is 0 Å². The van der Waals surface area contributed by atoms with E-state index in [1.165, 1.54) is 7.11 Å². The lowest BCUT2D eigenvalue weighted by Crippen LogP contribution is -2.68. The molecule has 214 valence electrons. The first-order valence-electron chi connectivity index (χ1n) is 14.2. The molecule has 1 N–H and O–H groups in total. The van der Waals surface area contributed by atoms with Crippen LogP contribution in [-0.4, -0.2) is 59.9 Å². The molecular weight excluding hydrogens is 510 g/mol. The normalized spacial score (nSPS) is 40.8. The lowest BCUT2D eigenvalue weighted by Gasteiger charge is -2.52. The van der Waals surface area contributed by atoms with Gasteiger partial charge in [0.15, 0.2) is 29.0 Å². The summed E-state index contributed by atoms with van der Waals surface area (Å²) in [5.74, 6) is -1.89. The summed E-state index contributed by atoms with van der Waals surface area (Å²) in [6.45, 7) is 12.1. The molecule has 1 spiro atoms. The van der Waals surface area contributed by atoms with E-state index in [4.69, 9.17) is 19.0 Å². The van der Waals surface area contributed by atoms with Gasteiger partial charge in [-0.25, -0.2) is 4.79 Å². The Kier molecular flexibility index (Phi) is 6.05. The van der Waals surface area contributed by atoms with E-state index in [-0.39, 0.29) is 35.4 Å². The number of carbonyl (C=O) groups excluding carboxylic acids is 2. The van der Waals surface area contributed by atoms with Gasteiger partial charge in [0.1, 0.15) is 13.2 Å². The van der Waals surface area contributed by atoms with Crippen LogP contribution >= 0.6 is 0 Å². The zero-order chi connectivity index (χ0) is 28.8. The van der Waals surface area contributed by atoms with Crippen LogP contribution in [-0.2, 0) is 28.6 Å². The zero-order valence-electron chi connectivity index (χ0n) is 24.3. The van der Waals surface area contributed by atoms with Gasteiger partial charge in [-0.2, -0.15) is 0 Å². The maximum atomic E-state index is 14.8. The number of aliphatic hydroxyl groups is 1. The molecule has 2 bridgehead atoms. The number of oxime groups is 1. The summed E-state index contributed by atoms with van der Waals surface area (Å²) >= 11 is 0. The summed E-state index contributed by atoms with van der Waals surface area (Å²) in [5.41, 5.74) is -1.36. The monoisotopic (exact) mass is 549 g/mol. The van der Waals surface area contributed by atoms with Crippen LogP contribution < -0.4 is 0 Å². The molecule has 8 heteroatoms. The second kappa shape index (κ2) is 8.84. The first kappa shape index (κ1) is 27.4. The third-order valence-corrected chi connectivity index (χ3v) is 10.3. The average Bonchev–Trinajstić information content (AvgIpc) is 3.40. The predicted octanol–water partition coefficient (Wildman–Crippen LogP) is 4.22. The van der Waals surface area contributed by atoms with Crippen molar-refractivity contribution >= 4 is 17.5 Å². The van der Waals surface area contributed by atoms with E-state index < -0.39 is 40.9 Å². The largest absolute Gasteiger partial charge is 0.450 e. The number of ketones is 1. The molecule has 1 aromatic carbocycles. The summed E-state index contributed by atoms with van der Waals surface area (Å²) in [4.78, 5) is 33.5. The Balaban J connectivity index is 1.49. The molecule has 3 fully saturated rings. The van der Waals surface area contributed by atoms with E-state index in [0.29, 0.717) is 17.1 Å². The second-order valence-electron chi connectivity index (χ2n) is 13.3. The quantitative estimate of drug-likeness (QED) is 0.260. The minimum Gasteiger partial charge on any atom is -0.450 e. The van der Waals surface area contributed by atoms with E-state index in [9.17, 15) is 14.7 Å². The van der Waals surface area contributed by atoms with Crippen LogP contribution in [0.1, 0.15) is 53.5 Å². The Morgan fingerprint density at radius 3 is 2.52 bits per heavy atom. The maximum Gasteiger partial charge on any atom is 0.361 e. The van der Waals surface area contributed by atoms with E-state index in [0.717, 1.165) is 12.0 Å². The number of benzene rings is 1. The zero-order valence-corrected chi connectivity index (χ0v) is 24.3. The lowest BCUT2D eigenvalue weighted by atomic mass is 9.59. The molecule has 1 aromatic rings. The van der Waals surface area contributed by atoms with Crippen molar-refractivity contribution in [3.05, 3.63) is 59.2 Å². The Bertz CT molecular complexity index is 1340. The molecule has 2 unspecified atom stereocenters. The Hall–Kier alpha value is -2.81. The van der Waals surface area contributed by atoms with Crippen molar-refractivity contribution < 1.29 is 33.7 Å². The highest BCUT2D eigenvalue weighted by Crippen LogP contribution is 2.72. The molecule has 0 radical (unpaired) electrons. The van der Waals surface area contributed by atoms with E-state index in [1.807, 2.05) is 32.1 Å². The van der Waals surface area contributed by atoms with Crippen LogP contribution in [0.5, 0.6) is 0 Å². The number of nitrogens with zero attached hydrogens (tertiary/aromatic N) is 1.